The fraction of sp³-hybridized carbons (Fsp3) is 0.636. The van der Waals surface area contributed by atoms with E-state index < -0.39 is 11.6 Å². The van der Waals surface area contributed by atoms with Gasteiger partial charge in [-0.15, -0.1) is 0 Å². The van der Waals surface area contributed by atoms with Gasteiger partial charge in [-0.05, 0) is 25.7 Å². The Morgan fingerprint density at radius 1 is 1.40 bits per heavy atom. The van der Waals surface area contributed by atoms with E-state index >= 15 is 0 Å². The molecule has 15 heavy (non-hydrogen) atoms. The third-order valence-electron chi connectivity index (χ3n) is 3.12. The van der Waals surface area contributed by atoms with Crippen molar-refractivity contribution in [2.24, 2.45) is 0 Å². The molecule has 1 aliphatic heterocycles. The number of hydrogen-bond acceptors (Lipinski definition) is 4. The third-order valence-corrected chi connectivity index (χ3v) is 3.12. The van der Waals surface area contributed by atoms with Gasteiger partial charge in [-0.3, -0.25) is 0 Å². The van der Waals surface area contributed by atoms with Gasteiger partial charge in [-0.25, -0.2) is 9.59 Å². The van der Waals surface area contributed by atoms with E-state index in [1.165, 1.54) is 19.6 Å². The SMILES string of the molecule is COC(=O)/C=C1\C(=O)OC12CCCCC2. The molecule has 0 radical (unpaired) electrons. The van der Waals surface area contributed by atoms with Crippen LogP contribution in [0.4, 0.5) is 0 Å². The number of esters is 2. The summed E-state index contributed by atoms with van der Waals surface area (Å²) < 4.78 is 9.73. The molecule has 2 rings (SSSR count). The van der Waals surface area contributed by atoms with Crippen LogP contribution in [0, 0.1) is 0 Å². The van der Waals surface area contributed by atoms with Gasteiger partial charge in [0.25, 0.3) is 0 Å². The summed E-state index contributed by atoms with van der Waals surface area (Å²) in [6.45, 7) is 0. The topological polar surface area (TPSA) is 52.6 Å². The number of rotatable bonds is 1. The molecule has 0 N–H and O–H groups in total. The van der Waals surface area contributed by atoms with Gasteiger partial charge in [0, 0.05) is 6.08 Å². The molecule has 2 aliphatic rings. The molecule has 0 amide bonds. The molecular weight excluding hydrogens is 196 g/mol. The van der Waals surface area contributed by atoms with E-state index in [0.717, 1.165) is 25.7 Å². The lowest BCUT2D eigenvalue weighted by Crippen LogP contribution is -2.52. The molecule has 0 bridgehead atoms. The average molecular weight is 210 g/mol. The van der Waals surface area contributed by atoms with Gasteiger partial charge >= 0.3 is 11.9 Å². The summed E-state index contributed by atoms with van der Waals surface area (Å²) in [5.41, 5.74) is 0.0258. The summed E-state index contributed by atoms with van der Waals surface area (Å²) in [4.78, 5) is 22.3. The average Bonchev–Trinajstić information content (AvgIpc) is 2.27. The molecule has 1 saturated carbocycles. The van der Waals surface area contributed by atoms with Gasteiger partial charge in [0.05, 0.1) is 12.7 Å². The fourth-order valence-corrected chi connectivity index (χ4v) is 2.29. The van der Waals surface area contributed by atoms with Crippen LogP contribution in [0.15, 0.2) is 11.6 Å². The van der Waals surface area contributed by atoms with Crippen LogP contribution in [0.1, 0.15) is 32.1 Å². The van der Waals surface area contributed by atoms with Crippen LogP contribution >= 0.6 is 0 Å². The first-order chi connectivity index (χ1) is 7.18. The second-order valence-electron chi connectivity index (χ2n) is 4.03. The molecule has 1 spiro atoms. The van der Waals surface area contributed by atoms with Gasteiger partial charge in [0.2, 0.25) is 0 Å². The predicted octanol–water partition coefficient (Wildman–Crippen LogP) is 1.35. The number of ether oxygens (including phenoxy) is 2. The van der Waals surface area contributed by atoms with Crippen molar-refractivity contribution in [2.75, 3.05) is 7.11 Å². The van der Waals surface area contributed by atoms with E-state index in [9.17, 15) is 9.59 Å². The first-order valence-electron chi connectivity index (χ1n) is 5.21. The van der Waals surface area contributed by atoms with Gasteiger partial charge in [0.15, 0.2) is 0 Å². The molecule has 0 aromatic heterocycles. The van der Waals surface area contributed by atoms with Gasteiger partial charge < -0.3 is 9.47 Å². The lowest BCUT2D eigenvalue weighted by atomic mass is 9.75. The van der Waals surface area contributed by atoms with E-state index in [-0.39, 0.29) is 5.97 Å². The van der Waals surface area contributed by atoms with Gasteiger partial charge in [-0.2, -0.15) is 0 Å². The minimum Gasteiger partial charge on any atom is -0.466 e. The van der Waals surface area contributed by atoms with Crippen LogP contribution in [0.25, 0.3) is 0 Å². The van der Waals surface area contributed by atoms with E-state index in [2.05, 4.69) is 4.74 Å². The highest BCUT2D eigenvalue weighted by Gasteiger charge is 2.52. The number of carbonyl (C=O) groups excluding carboxylic acids is 2. The van der Waals surface area contributed by atoms with E-state index in [1.807, 2.05) is 0 Å². The van der Waals surface area contributed by atoms with Crippen molar-refractivity contribution < 1.29 is 19.1 Å². The molecule has 0 atom stereocenters. The zero-order chi connectivity index (χ0) is 10.9. The Morgan fingerprint density at radius 2 is 2.07 bits per heavy atom. The van der Waals surface area contributed by atoms with Crippen molar-refractivity contribution >= 4 is 11.9 Å². The zero-order valence-electron chi connectivity index (χ0n) is 8.75. The highest BCUT2D eigenvalue weighted by atomic mass is 16.6. The molecule has 82 valence electrons. The Morgan fingerprint density at radius 3 is 2.60 bits per heavy atom. The normalized spacial score (nSPS) is 25.9. The van der Waals surface area contributed by atoms with Crippen LogP contribution in [-0.4, -0.2) is 24.6 Å². The predicted molar refractivity (Wildman–Crippen MR) is 52.0 cm³/mol. The van der Waals surface area contributed by atoms with Crippen LogP contribution in [0.5, 0.6) is 0 Å². The van der Waals surface area contributed by atoms with Crippen molar-refractivity contribution in [3.8, 4) is 0 Å². The van der Waals surface area contributed by atoms with Crippen molar-refractivity contribution in [3.63, 3.8) is 0 Å². The summed E-state index contributed by atoms with van der Waals surface area (Å²) >= 11 is 0. The maximum Gasteiger partial charge on any atom is 0.339 e. The first kappa shape index (κ1) is 10.2. The van der Waals surface area contributed by atoms with Crippen molar-refractivity contribution in [2.45, 2.75) is 37.7 Å². The van der Waals surface area contributed by atoms with Crippen LogP contribution in [0.3, 0.4) is 0 Å². The first-order valence-corrected chi connectivity index (χ1v) is 5.21. The van der Waals surface area contributed by atoms with Crippen LogP contribution in [0.2, 0.25) is 0 Å². The maximum absolute atomic E-state index is 11.3. The van der Waals surface area contributed by atoms with Crippen molar-refractivity contribution in [1.29, 1.82) is 0 Å². The van der Waals surface area contributed by atoms with Crippen LogP contribution < -0.4 is 0 Å². The smallest absolute Gasteiger partial charge is 0.339 e. The summed E-state index contributed by atoms with van der Waals surface area (Å²) in [7, 11) is 1.30. The Kier molecular flexibility index (Phi) is 2.50. The molecule has 0 aromatic rings. The quantitative estimate of drug-likeness (QED) is 0.484. The number of carbonyl (C=O) groups is 2. The standard InChI is InChI=1S/C11H14O4/c1-14-9(12)7-8-10(13)15-11(8)5-3-2-4-6-11/h7H,2-6H2,1H3/b8-7+. The molecular formula is C11H14O4. The molecule has 4 nitrogen and oxygen atoms in total. The maximum atomic E-state index is 11.3. The zero-order valence-corrected chi connectivity index (χ0v) is 8.75. The summed E-state index contributed by atoms with van der Waals surface area (Å²) in [6.07, 6.45) is 6.21. The van der Waals surface area contributed by atoms with E-state index in [1.54, 1.807) is 0 Å². The second-order valence-corrected chi connectivity index (χ2v) is 4.03. The summed E-state index contributed by atoms with van der Waals surface area (Å²) in [5.74, 6) is -0.853. The monoisotopic (exact) mass is 210 g/mol. The molecule has 1 aliphatic carbocycles. The Bertz CT molecular complexity index is 323. The number of hydrogen-bond donors (Lipinski definition) is 0. The highest BCUT2D eigenvalue weighted by molar-refractivity contribution is 6.02. The Labute approximate surface area is 88.2 Å². The molecule has 0 aromatic carbocycles. The van der Waals surface area contributed by atoms with E-state index in [4.69, 9.17) is 4.74 Å². The largest absolute Gasteiger partial charge is 0.466 e. The van der Waals surface area contributed by atoms with Gasteiger partial charge in [0.1, 0.15) is 5.60 Å². The Hall–Kier alpha value is -1.32. The molecule has 2 fully saturated rings. The molecule has 0 unspecified atom stereocenters. The van der Waals surface area contributed by atoms with Crippen LogP contribution in [-0.2, 0) is 19.1 Å². The lowest BCUT2D eigenvalue weighted by Gasteiger charge is -2.45. The highest BCUT2D eigenvalue weighted by Crippen LogP contribution is 2.45. The minimum atomic E-state index is -0.480. The molecule has 1 saturated heterocycles. The minimum absolute atomic E-state index is 0.373. The third kappa shape index (κ3) is 1.64. The summed E-state index contributed by atoms with van der Waals surface area (Å²) in [6, 6.07) is 0. The molecule has 4 heteroatoms. The van der Waals surface area contributed by atoms with Crippen molar-refractivity contribution in [1.82, 2.24) is 0 Å². The fourth-order valence-electron chi connectivity index (χ4n) is 2.29. The second kappa shape index (κ2) is 3.68. The lowest BCUT2D eigenvalue weighted by molar-refractivity contribution is -0.176. The molecule has 1 heterocycles. The van der Waals surface area contributed by atoms with E-state index in [0.29, 0.717) is 5.57 Å². The van der Waals surface area contributed by atoms with Crippen molar-refractivity contribution in [3.05, 3.63) is 11.6 Å². The Balaban J connectivity index is 2.17. The number of methoxy groups -OCH3 is 1. The summed E-state index contributed by atoms with van der Waals surface area (Å²) in [5, 5.41) is 0. The van der Waals surface area contributed by atoms with Gasteiger partial charge in [-0.1, -0.05) is 6.42 Å².